The predicted molar refractivity (Wildman–Crippen MR) is 93.8 cm³/mol. The minimum absolute atomic E-state index is 0.0573. The van der Waals surface area contributed by atoms with Gasteiger partial charge in [0.15, 0.2) is 5.78 Å². The number of ketones is 1. The normalized spacial score (nSPS) is 11.0. The molecule has 0 bridgehead atoms. The summed E-state index contributed by atoms with van der Waals surface area (Å²) in [5, 5.41) is 1.57. The molecular formula is C19H18ClNO2. The molecule has 0 aliphatic carbocycles. The lowest BCUT2D eigenvalue weighted by Gasteiger charge is -2.08. The minimum Gasteiger partial charge on any atom is -0.496 e. The van der Waals surface area contributed by atoms with Crippen LogP contribution in [-0.4, -0.2) is 17.9 Å². The topological polar surface area (TPSA) is 42.1 Å². The maximum atomic E-state index is 12.8. The van der Waals surface area contributed by atoms with Crippen molar-refractivity contribution in [2.24, 2.45) is 0 Å². The zero-order valence-electron chi connectivity index (χ0n) is 13.4. The Balaban J connectivity index is 1.99. The van der Waals surface area contributed by atoms with Crippen LogP contribution in [0.25, 0.3) is 10.9 Å². The number of aromatic amines is 1. The van der Waals surface area contributed by atoms with E-state index in [0.717, 1.165) is 27.6 Å². The number of rotatable bonds is 4. The van der Waals surface area contributed by atoms with Crippen molar-refractivity contribution in [3.05, 3.63) is 63.8 Å². The Morgan fingerprint density at radius 2 is 2.00 bits per heavy atom. The zero-order chi connectivity index (χ0) is 16.6. The number of hydrogen-bond acceptors (Lipinski definition) is 2. The summed E-state index contributed by atoms with van der Waals surface area (Å²) in [4.78, 5) is 16.0. The molecule has 0 amide bonds. The van der Waals surface area contributed by atoms with Crippen molar-refractivity contribution >= 4 is 28.3 Å². The number of hydrogen-bond donors (Lipinski definition) is 1. The van der Waals surface area contributed by atoms with Crippen molar-refractivity contribution < 1.29 is 9.53 Å². The molecule has 0 aliphatic rings. The number of aryl methyl sites for hydroxylation is 2. The summed E-state index contributed by atoms with van der Waals surface area (Å²) in [6.45, 7) is 4.08. The van der Waals surface area contributed by atoms with Gasteiger partial charge in [0.1, 0.15) is 5.75 Å². The molecule has 0 spiro atoms. The highest BCUT2D eigenvalue weighted by atomic mass is 35.5. The van der Waals surface area contributed by atoms with Crippen LogP contribution < -0.4 is 4.74 Å². The first-order chi connectivity index (χ1) is 11.0. The van der Waals surface area contributed by atoms with Crippen LogP contribution in [0, 0.1) is 13.8 Å². The number of Topliss-reactive ketones (excluding diaryl/α,β-unsaturated/α-hetero) is 1. The molecule has 0 saturated carbocycles. The first-order valence-corrected chi connectivity index (χ1v) is 7.81. The maximum Gasteiger partial charge on any atom is 0.169 e. The molecule has 3 aromatic rings. The van der Waals surface area contributed by atoms with Crippen LogP contribution in [0.2, 0.25) is 5.02 Å². The molecule has 23 heavy (non-hydrogen) atoms. The molecular weight excluding hydrogens is 310 g/mol. The molecule has 0 fully saturated rings. The van der Waals surface area contributed by atoms with E-state index in [4.69, 9.17) is 16.3 Å². The summed E-state index contributed by atoms with van der Waals surface area (Å²) in [7, 11) is 1.58. The van der Waals surface area contributed by atoms with Gasteiger partial charge in [-0.05, 0) is 37.6 Å². The molecule has 0 aliphatic heterocycles. The fourth-order valence-corrected chi connectivity index (χ4v) is 3.12. The van der Waals surface area contributed by atoms with Crippen molar-refractivity contribution in [3.63, 3.8) is 0 Å². The summed E-state index contributed by atoms with van der Waals surface area (Å²) >= 11 is 5.97. The standard InChI is InChI=1S/C19H18ClNO2/c1-11-6-12(2)19-15(7-11)16(10-21-19)17(22)8-13-4-5-14(20)9-18(13)23-3/h4-7,9-10,21H,8H2,1-3H3. The average molecular weight is 328 g/mol. The molecule has 4 heteroatoms. The summed E-state index contributed by atoms with van der Waals surface area (Å²) in [6.07, 6.45) is 2.07. The number of carbonyl (C=O) groups excluding carboxylic acids is 1. The zero-order valence-corrected chi connectivity index (χ0v) is 14.1. The van der Waals surface area contributed by atoms with Gasteiger partial charge >= 0.3 is 0 Å². The van der Waals surface area contributed by atoms with Crippen molar-refractivity contribution in [1.29, 1.82) is 0 Å². The molecule has 0 atom stereocenters. The van der Waals surface area contributed by atoms with E-state index in [1.54, 1.807) is 25.4 Å². The van der Waals surface area contributed by atoms with Gasteiger partial charge < -0.3 is 9.72 Å². The van der Waals surface area contributed by atoms with Gasteiger partial charge in [-0.3, -0.25) is 4.79 Å². The largest absolute Gasteiger partial charge is 0.496 e. The second-order valence-electron chi connectivity index (χ2n) is 5.76. The Bertz CT molecular complexity index is 896. The second-order valence-corrected chi connectivity index (χ2v) is 6.20. The number of aromatic nitrogens is 1. The Morgan fingerprint density at radius 1 is 1.22 bits per heavy atom. The van der Waals surface area contributed by atoms with E-state index < -0.39 is 0 Å². The van der Waals surface area contributed by atoms with E-state index in [9.17, 15) is 4.79 Å². The van der Waals surface area contributed by atoms with Gasteiger partial charge in [0, 0.05) is 39.7 Å². The van der Waals surface area contributed by atoms with E-state index in [1.807, 2.05) is 26.0 Å². The Labute approximate surface area is 140 Å². The number of fused-ring (bicyclic) bond motifs is 1. The number of carbonyl (C=O) groups is 1. The third kappa shape index (κ3) is 2.97. The second kappa shape index (κ2) is 6.09. The highest BCUT2D eigenvalue weighted by Gasteiger charge is 2.16. The van der Waals surface area contributed by atoms with Crippen molar-refractivity contribution in [3.8, 4) is 5.75 Å². The fraction of sp³-hybridized carbons (Fsp3) is 0.211. The Kier molecular flexibility index (Phi) is 4.14. The minimum atomic E-state index is 0.0573. The van der Waals surface area contributed by atoms with Crippen molar-refractivity contribution in [2.45, 2.75) is 20.3 Å². The lowest BCUT2D eigenvalue weighted by Crippen LogP contribution is -2.04. The summed E-state index contributed by atoms with van der Waals surface area (Å²) in [5.74, 6) is 0.694. The average Bonchev–Trinajstić information content (AvgIpc) is 2.93. The number of ether oxygens (including phenoxy) is 1. The molecule has 0 saturated heterocycles. The van der Waals surface area contributed by atoms with Crippen LogP contribution in [0.1, 0.15) is 27.0 Å². The van der Waals surface area contributed by atoms with Gasteiger partial charge in [-0.25, -0.2) is 0 Å². The van der Waals surface area contributed by atoms with Crippen molar-refractivity contribution in [1.82, 2.24) is 4.98 Å². The summed E-state index contributed by atoms with van der Waals surface area (Å²) in [5.41, 5.74) is 4.85. The van der Waals surface area contributed by atoms with E-state index in [1.165, 1.54) is 0 Å². The van der Waals surface area contributed by atoms with Crippen LogP contribution in [0.15, 0.2) is 36.5 Å². The lowest BCUT2D eigenvalue weighted by atomic mass is 9.99. The van der Waals surface area contributed by atoms with Gasteiger partial charge in [0.25, 0.3) is 0 Å². The third-order valence-electron chi connectivity index (χ3n) is 4.03. The Morgan fingerprint density at radius 3 is 2.74 bits per heavy atom. The lowest BCUT2D eigenvalue weighted by molar-refractivity contribution is 0.0993. The smallest absolute Gasteiger partial charge is 0.169 e. The molecule has 2 aromatic carbocycles. The van der Waals surface area contributed by atoms with Crippen LogP contribution in [0.5, 0.6) is 5.75 Å². The van der Waals surface area contributed by atoms with E-state index in [-0.39, 0.29) is 12.2 Å². The third-order valence-corrected chi connectivity index (χ3v) is 4.27. The van der Waals surface area contributed by atoms with E-state index in [0.29, 0.717) is 16.3 Å². The maximum absolute atomic E-state index is 12.8. The monoisotopic (exact) mass is 327 g/mol. The van der Waals surface area contributed by atoms with Crippen LogP contribution in [0.3, 0.4) is 0 Å². The number of nitrogens with one attached hydrogen (secondary N) is 1. The highest BCUT2D eigenvalue weighted by Crippen LogP contribution is 2.27. The number of benzene rings is 2. The quantitative estimate of drug-likeness (QED) is 0.694. The first kappa shape index (κ1) is 15.6. The van der Waals surface area contributed by atoms with E-state index >= 15 is 0 Å². The fourth-order valence-electron chi connectivity index (χ4n) is 2.96. The molecule has 0 radical (unpaired) electrons. The molecule has 1 heterocycles. The SMILES string of the molecule is COc1cc(Cl)ccc1CC(=O)c1c[nH]c2c(C)cc(C)cc12. The summed E-state index contributed by atoms with van der Waals surface area (Å²) in [6, 6.07) is 9.49. The van der Waals surface area contributed by atoms with Crippen LogP contribution in [0.4, 0.5) is 0 Å². The highest BCUT2D eigenvalue weighted by molar-refractivity contribution is 6.30. The Hall–Kier alpha value is -2.26. The molecule has 118 valence electrons. The molecule has 3 nitrogen and oxygen atoms in total. The molecule has 1 N–H and O–H groups in total. The van der Waals surface area contributed by atoms with Gasteiger partial charge in [0.2, 0.25) is 0 Å². The predicted octanol–water partition coefficient (Wildman–Crippen LogP) is 4.87. The summed E-state index contributed by atoms with van der Waals surface area (Å²) < 4.78 is 5.33. The first-order valence-electron chi connectivity index (χ1n) is 7.43. The van der Waals surface area contributed by atoms with Gasteiger partial charge in [0.05, 0.1) is 7.11 Å². The van der Waals surface area contributed by atoms with Gasteiger partial charge in [-0.2, -0.15) is 0 Å². The van der Waals surface area contributed by atoms with Crippen molar-refractivity contribution in [2.75, 3.05) is 7.11 Å². The van der Waals surface area contributed by atoms with Gasteiger partial charge in [-0.1, -0.05) is 29.3 Å². The number of H-pyrrole nitrogens is 1. The molecule has 1 aromatic heterocycles. The van der Waals surface area contributed by atoms with Crippen LogP contribution >= 0.6 is 11.6 Å². The number of methoxy groups -OCH3 is 1. The van der Waals surface area contributed by atoms with Gasteiger partial charge in [-0.15, -0.1) is 0 Å². The van der Waals surface area contributed by atoms with E-state index in [2.05, 4.69) is 11.1 Å². The van der Waals surface area contributed by atoms with Crippen LogP contribution in [-0.2, 0) is 6.42 Å². The molecule has 3 rings (SSSR count). The number of halogens is 1. The molecule has 0 unspecified atom stereocenters.